The molecule has 0 aliphatic rings. The maximum Gasteiger partial charge on any atom is 0.343 e. The third-order valence-corrected chi connectivity index (χ3v) is 7.59. The van der Waals surface area contributed by atoms with E-state index < -0.39 is 11.4 Å². The Morgan fingerprint density at radius 3 is 1.76 bits per heavy atom. The fraction of sp³-hybridized carbons (Fsp3) is 0.394. The Balaban J connectivity index is 1.79. The van der Waals surface area contributed by atoms with Gasteiger partial charge in [-0.25, -0.2) is 4.79 Å². The number of aryl methyl sites for hydroxylation is 2. The van der Waals surface area contributed by atoms with Crippen molar-refractivity contribution in [2.75, 3.05) is 0 Å². The van der Waals surface area contributed by atoms with E-state index >= 15 is 0 Å². The molecule has 3 aromatic rings. The molecule has 0 saturated heterocycles. The SMILES string of the molecule is CCC(C)(C)Oc1ccc(-c2ccc(OC(=O)c3cccc(C(=O)C(C)(CC)CC)c3)c(C)c2)cc1C. The van der Waals surface area contributed by atoms with Gasteiger partial charge < -0.3 is 9.47 Å². The third-order valence-electron chi connectivity index (χ3n) is 7.59. The molecule has 0 aliphatic heterocycles. The molecule has 0 amide bonds. The normalized spacial score (nSPS) is 11.8. The lowest BCUT2D eigenvalue weighted by molar-refractivity contribution is 0.0733. The van der Waals surface area contributed by atoms with Crippen molar-refractivity contribution >= 4 is 11.8 Å². The van der Waals surface area contributed by atoms with E-state index in [1.165, 1.54) is 0 Å². The molecule has 0 bridgehead atoms. The number of hydrogen-bond acceptors (Lipinski definition) is 4. The van der Waals surface area contributed by atoms with Gasteiger partial charge in [-0.1, -0.05) is 52.0 Å². The highest BCUT2D eigenvalue weighted by Crippen LogP contribution is 2.33. The average molecular weight is 501 g/mol. The second-order valence-corrected chi connectivity index (χ2v) is 10.7. The van der Waals surface area contributed by atoms with Crippen LogP contribution in [0.2, 0.25) is 0 Å². The van der Waals surface area contributed by atoms with Crippen LogP contribution >= 0.6 is 0 Å². The number of hydrogen-bond donors (Lipinski definition) is 0. The number of benzene rings is 3. The summed E-state index contributed by atoms with van der Waals surface area (Å²) in [5, 5.41) is 0. The molecule has 0 radical (unpaired) electrons. The Morgan fingerprint density at radius 2 is 1.24 bits per heavy atom. The molecule has 0 spiro atoms. The van der Waals surface area contributed by atoms with Crippen molar-refractivity contribution < 1.29 is 19.1 Å². The molecule has 0 heterocycles. The zero-order valence-corrected chi connectivity index (χ0v) is 23.5. The van der Waals surface area contributed by atoms with Crippen LogP contribution in [0.15, 0.2) is 60.7 Å². The summed E-state index contributed by atoms with van der Waals surface area (Å²) in [5.74, 6) is 0.962. The fourth-order valence-electron chi connectivity index (χ4n) is 4.12. The van der Waals surface area contributed by atoms with Gasteiger partial charge in [-0.2, -0.15) is 0 Å². The third kappa shape index (κ3) is 6.49. The molecule has 0 saturated carbocycles. The van der Waals surface area contributed by atoms with E-state index in [1.54, 1.807) is 24.3 Å². The second-order valence-electron chi connectivity index (χ2n) is 10.7. The number of ether oxygens (including phenoxy) is 2. The summed E-state index contributed by atoms with van der Waals surface area (Å²) in [4.78, 5) is 26.0. The molecule has 196 valence electrons. The quantitative estimate of drug-likeness (QED) is 0.159. The first-order chi connectivity index (χ1) is 17.4. The summed E-state index contributed by atoms with van der Waals surface area (Å²) in [6.07, 6.45) is 2.41. The molecule has 37 heavy (non-hydrogen) atoms. The van der Waals surface area contributed by atoms with Gasteiger partial charge >= 0.3 is 5.97 Å². The van der Waals surface area contributed by atoms with Crippen LogP contribution in [0.5, 0.6) is 11.5 Å². The molecule has 0 N–H and O–H groups in total. The van der Waals surface area contributed by atoms with E-state index in [0.29, 0.717) is 16.9 Å². The first-order valence-electron chi connectivity index (χ1n) is 13.2. The molecule has 0 fully saturated rings. The monoisotopic (exact) mass is 500 g/mol. The van der Waals surface area contributed by atoms with Crippen molar-refractivity contribution in [2.24, 2.45) is 5.41 Å². The van der Waals surface area contributed by atoms with Crippen LogP contribution in [-0.2, 0) is 0 Å². The van der Waals surface area contributed by atoms with Gasteiger partial charge in [-0.15, -0.1) is 0 Å². The van der Waals surface area contributed by atoms with E-state index in [4.69, 9.17) is 9.47 Å². The van der Waals surface area contributed by atoms with Crippen LogP contribution in [0, 0.1) is 19.3 Å². The van der Waals surface area contributed by atoms with E-state index in [0.717, 1.165) is 47.3 Å². The minimum Gasteiger partial charge on any atom is -0.488 e. The Bertz CT molecular complexity index is 1280. The standard InChI is InChI=1S/C33H40O4/c1-9-32(6,7)37-29-18-16-25(20-23(29)5)24-15-17-28(22(4)19-24)36-31(35)27-14-12-13-26(21-27)30(34)33(8,10-2)11-3/h12-21H,9-11H2,1-8H3. The summed E-state index contributed by atoms with van der Waals surface area (Å²) < 4.78 is 11.9. The lowest BCUT2D eigenvalue weighted by Crippen LogP contribution is -2.27. The Labute approximate surface area is 222 Å². The van der Waals surface area contributed by atoms with Crippen molar-refractivity contribution in [1.29, 1.82) is 0 Å². The van der Waals surface area contributed by atoms with Crippen molar-refractivity contribution in [3.63, 3.8) is 0 Å². The maximum absolute atomic E-state index is 13.1. The van der Waals surface area contributed by atoms with E-state index in [9.17, 15) is 9.59 Å². The zero-order chi connectivity index (χ0) is 27.4. The van der Waals surface area contributed by atoms with Crippen LogP contribution in [0.4, 0.5) is 0 Å². The van der Waals surface area contributed by atoms with Crippen LogP contribution in [-0.4, -0.2) is 17.4 Å². The smallest absolute Gasteiger partial charge is 0.343 e. The summed E-state index contributed by atoms with van der Waals surface area (Å²) in [7, 11) is 0. The fourth-order valence-corrected chi connectivity index (χ4v) is 4.12. The second kappa shape index (κ2) is 11.3. The van der Waals surface area contributed by atoms with Crippen molar-refractivity contribution in [3.05, 3.63) is 82.9 Å². The van der Waals surface area contributed by atoms with E-state index in [-0.39, 0.29) is 11.4 Å². The highest BCUT2D eigenvalue weighted by Gasteiger charge is 2.30. The van der Waals surface area contributed by atoms with Crippen LogP contribution < -0.4 is 9.47 Å². The lowest BCUT2D eigenvalue weighted by Gasteiger charge is -2.26. The molecule has 0 atom stereocenters. The first-order valence-corrected chi connectivity index (χ1v) is 13.2. The lowest BCUT2D eigenvalue weighted by atomic mass is 9.77. The van der Waals surface area contributed by atoms with Gasteiger partial charge in [-0.05, 0) is 106 Å². The predicted molar refractivity (Wildman–Crippen MR) is 151 cm³/mol. The highest BCUT2D eigenvalue weighted by molar-refractivity contribution is 6.02. The van der Waals surface area contributed by atoms with Gasteiger partial charge in [0, 0.05) is 11.0 Å². The topological polar surface area (TPSA) is 52.6 Å². The highest BCUT2D eigenvalue weighted by atomic mass is 16.5. The number of Topliss-reactive ketones (excluding diaryl/α,β-unsaturated/α-hetero) is 1. The van der Waals surface area contributed by atoms with Gasteiger partial charge in [-0.3, -0.25) is 4.79 Å². The molecule has 4 nitrogen and oxygen atoms in total. The number of carbonyl (C=O) groups excluding carboxylic acids is 2. The van der Waals surface area contributed by atoms with Crippen LogP contribution in [0.3, 0.4) is 0 Å². The summed E-state index contributed by atoms with van der Waals surface area (Å²) in [5.41, 5.74) is 4.28. The average Bonchev–Trinajstić information content (AvgIpc) is 2.90. The Hall–Kier alpha value is -3.40. The molecular weight excluding hydrogens is 460 g/mol. The van der Waals surface area contributed by atoms with E-state index in [2.05, 4.69) is 39.8 Å². The van der Waals surface area contributed by atoms with Gasteiger partial charge in [0.05, 0.1) is 5.56 Å². The molecule has 0 aliphatic carbocycles. The van der Waals surface area contributed by atoms with Gasteiger partial charge in [0.15, 0.2) is 5.78 Å². The number of esters is 1. The van der Waals surface area contributed by atoms with Crippen LogP contribution in [0.25, 0.3) is 11.1 Å². The van der Waals surface area contributed by atoms with E-state index in [1.807, 2.05) is 52.0 Å². The maximum atomic E-state index is 13.1. The number of carbonyl (C=O) groups is 2. The molecular formula is C33H40O4. The Morgan fingerprint density at radius 1 is 0.703 bits per heavy atom. The predicted octanol–water partition coefficient (Wildman–Crippen LogP) is 8.77. The molecule has 0 unspecified atom stereocenters. The minimum atomic E-state index is -0.476. The molecule has 3 rings (SSSR count). The number of ketones is 1. The first kappa shape index (κ1) is 28.2. The van der Waals surface area contributed by atoms with Crippen molar-refractivity contribution in [1.82, 2.24) is 0 Å². The zero-order valence-electron chi connectivity index (χ0n) is 23.5. The number of rotatable bonds is 10. The van der Waals surface area contributed by atoms with Crippen LogP contribution in [0.1, 0.15) is 92.6 Å². The summed E-state index contributed by atoms with van der Waals surface area (Å²) in [6, 6.07) is 18.8. The Kier molecular flexibility index (Phi) is 8.63. The summed E-state index contributed by atoms with van der Waals surface area (Å²) in [6.45, 7) is 16.3. The van der Waals surface area contributed by atoms with Crippen molar-refractivity contribution in [2.45, 2.75) is 80.3 Å². The van der Waals surface area contributed by atoms with Crippen molar-refractivity contribution in [3.8, 4) is 22.6 Å². The van der Waals surface area contributed by atoms with Gasteiger partial charge in [0.2, 0.25) is 0 Å². The molecule has 0 aromatic heterocycles. The largest absolute Gasteiger partial charge is 0.488 e. The summed E-state index contributed by atoms with van der Waals surface area (Å²) >= 11 is 0. The van der Waals surface area contributed by atoms with Gasteiger partial charge in [0.1, 0.15) is 17.1 Å². The molecule has 3 aromatic carbocycles. The molecule has 4 heteroatoms. The van der Waals surface area contributed by atoms with Gasteiger partial charge in [0.25, 0.3) is 0 Å². The minimum absolute atomic E-state index is 0.0534.